The maximum atomic E-state index is 2.49. The van der Waals surface area contributed by atoms with Gasteiger partial charge in [-0.3, -0.25) is 0 Å². The lowest BCUT2D eigenvalue weighted by Gasteiger charge is -2.18. The fourth-order valence-corrected chi connectivity index (χ4v) is 2.20. The van der Waals surface area contributed by atoms with Crippen LogP contribution in [0.5, 0.6) is 0 Å². The quantitative estimate of drug-likeness (QED) is 0.509. The molecule has 1 fully saturated rings. The van der Waals surface area contributed by atoms with E-state index < -0.39 is 0 Å². The molecular formula is C12H18. The van der Waals surface area contributed by atoms with Crippen molar-refractivity contribution in [2.75, 3.05) is 0 Å². The number of hydrogen-bond donors (Lipinski definition) is 0. The van der Waals surface area contributed by atoms with Gasteiger partial charge in [-0.25, -0.2) is 0 Å². The molecule has 0 bridgehead atoms. The van der Waals surface area contributed by atoms with Crippen LogP contribution in [0, 0.1) is 11.3 Å². The van der Waals surface area contributed by atoms with E-state index in [1.807, 2.05) is 0 Å². The van der Waals surface area contributed by atoms with Gasteiger partial charge in [0.1, 0.15) is 0 Å². The maximum absolute atomic E-state index is 2.49. The Balaban J connectivity index is 2.23. The van der Waals surface area contributed by atoms with E-state index in [0.717, 1.165) is 5.92 Å². The van der Waals surface area contributed by atoms with Gasteiger partial charge in [-0.15, -0.1) is 0 Å². The van der Waals surface area contributed by atoms with E-state index >= 15 is 0 Å². The smallest absolute Gasteiger partial charge is 0.00139 e. The molecule has 0 aromatic rings. The van der Waals surface area contributed by atoms with Crippen molar-refractivity contribution in [1.82, 2.24) is 0 Å². The largest absolute Gasteiger partial charge is 0.0736 e. The molecule has 2 aliphatic rings. The number of fused-ring (bicyclic) bond motifs is 1. The van der Waals surface area contributed by atoms with Gasteiger partial charge >= 0.3 is 0 Å². The van der Waals surface area contributed by atoms with Gasteiger partial charge in [0.15, 0.2) is 0 Å². The SMILES string of the molecule is CC(C)(C)C1=CC2CCCC2=C1. The van der Waals surface area contributed by atoms with E-state index in [0.29, 0.717) is 5.41 Å². The highest BCUT2D eigenvalue weighted by Gasteiger charge is 2.28. The monoisotopic (exact) mass is 162 g/mol. The molecule has 1 atom stereocenters. The second kappa shape index (κ2) is 2.48. The van der Waals surface area contributed by atoms with Crippen molar-refractivity contribution in [2.45, 2.75) is 40.0 Å². The normalized spacial score (nSPS) is 28.4. The molecule has 0 saturated heterocycles. The summed E-state index contributed by atoms with van der Waals surface area (Å²) in [6.45, 7) is 6.91. The van der Waals surface area contributed by atoms with Crippen LogP contribution in [0.1, 0.15) is 40.0 Å². The first-order chi connectivity index (χ1) is 5.57. The molecule has 0 amide bonds. The first-order valence-corrected chi connectivity index (χ1v) is 5.00. The molecule has 0 radical (unpaired) electrons. The molecule has 0 N–H and O–H groups in total. The third-order valence-electron chi connectivity index (χ3n) is 3.04. The highest BCUT2D eigenvalue weighted by atomic mass is 14.3. The van der Waals surface area contributed by atoms with Crippen molar-refractivity contribution in [3.63, 3.8) is 0 Å². The zero-order valence-corrected chi connectivity index (χ0v) is 8.35. The predicted molar refractivity (Wildman–Crippen MR) is 53.0 cm³/mol. The summed E-state index contributed by atoms with van der Waals surface area (Å²) in [4.78, 5) is 0. The number of rotatable bonds is 0. The molecule has 1 unspecified atom stereocenters. The Morgan fingerprint density at radius 1 is 1.33 bits per heavy atom. The third kappa shape index (κ3) is 1.24. The number of hydrogen-bond acceptors (Lipinski definition) is 0. The fraction of sp³-hybridized carbons (Fsp3) is 0.667. The van der Waals surface area contributed by atoms with Crippen molar-refractivity contribution in [3.05, 3.63) is 23.3 Å². The Labute approximate surface area is 75.4 Å². The van der Waals surface area contributed by atoms with Crippen LogP contribution in [0.15, 0.2) is 23.3 Å². The van der Waals surface area contributed by atoms with Crippen LogP contribution >= 0.6 is 0 Å². The molecule has 0 aromatic heterocycles. The molecule has 0 heterocycles. The lowest BCUT2D eigenvalue weighted by molar-refractivity contribution is 0.515. The van der Waals surface area contributed by atoms with Crippen molar-refractivity contribution in [3.8, 4) is 0 Å². The lowest BCUT2D eigenvalue weighted by atomic mass is 9.87. The van der Waals surface area contributed by atoms with E-state index in [1.165, 1.54) is 19.3 Å². The van der Waals surface area contributed by atoms with Gasteiger partial charge in [0.2, 0.25) is 0 Å². The second-order valence-corrected chi connectivity index (χ2v) is 5.09. The van der Waals surface area contributed by atoms with Gasteiger partial charge in [-0.2, -0.15) is 0 Å². The average molecular weight is 162 g/mol. The minimum absolute atomic E-state index is 0.358. The Bertz CT molecular complexity index is 248. The predicted octanol–water partition coefficient (Wildman–Crippen LogP) is 3.70. The fourth-order valence-electron chi connectivity index (χ4n) is 2.20. The zero-order chi connectivity index (χ0) is 8.77. The van der Waals surface area contributed by atoms with Crippen LogP contribution in [0.4, 0.5) is 0 Å². The van der Waals surface area contributed by atoms with Crippen LogP contribution in [-0.4, -0.2) is 0 Å². The van der Waals surface area contributed by atoms with Crippen LogP contribution < -0.4 is 0 Å². The molecule has 0 spiro atoms. The van der Waals surface area contributed by atoms with Crippen LogP contribution in [0.25, 0.3) is 0 Å². The lowest BCUT2D eigenvalue weighted by Crippen LogP contribution is -2.06. The highest BCUT2D eigenvalue weighted by molar-refractivity contribution is 5.40. The molecule has 12 heavy (non-hydrogen) atoms. The molecule has 0 nitrogen and oxygen atoms in total. The van der Waals surface area contributed by atoms with Crippen LogP contribution in [-0.2, 0) is 0 Å². The summed E-state index contributed by atoms with van der Waals surface area (Å²) in [6, 6.07) is 0. The first kappa shape index (κ1) is 8.10. The Hall–Kier alpha value is -0.520. The molecule has 2 rings (SSSR count). The van der Waals surface area contributed by atoms with Gasteiger partial charge in [-0.1, -0.05) is 38.5 Å². The van der Waals surface area contributed by atoms with E-state index in [2.05, 4.69) is 32.9 Å². The molecule has 0 aromatic carbocycles. The van der Waals surface area contributed by atoms with E-state index in [1.54, 1.807) is 11.1 Å². The summed E-state index contributed by atoms with van der Waals surface area (Å²) in [6.07, 6.45) is 9.08. The molecule has 1 saturated carbocycles. The summed E-state index contributed by atoms with van der Waals surface area (Å²) in [7, 11) is 0. The van der Waals surface area contributed by atoms with Gasteiger partial charge < -0.3 is 0 Å². The van der Waals surface area contributed by atoms with Crippen molar-refractivity contribution >= 4 is 0 Å². The van der Waals surface area contributed by atoms with Gasteiger partial charge in [0.05, 0.1) is 0 Å². The van der Waals surface area contributed by atoms with E-state index in [-0.39, 0.29) is 0 Å². The molecule has 2 aliphatic carbocycles. The summed E-state index contributed by atoms with van der Waals surface area (Å²) in [5.41, 5.74) is 3.61. The van der Waals surface area contributed by atoms with Gasteiger partial charge in [0, 0.05) is 0 Å². The van der Waals surface area contributed by atoms with E-state index in [4.69, 9.17) is 0 Å². The molecule has 0 aliphatic heterocycles. The molecule has 66 valence electrons. The van der Waals surface area contributed by atoms with Crippen molar-refractivity contribution < 1.29 is 0 Å². The topological polar surface area (TPSA) is 0 Å². The van der Waals surface area contributed by atoms with Crippen LogP contribution in [0.3, 0.4) is 0 Å². The minimum atomic E-state index is 0.358. The summed E-state index contributed by atoms with van der Waals surface area (Å²) < 4.78 is 0. The van der Waals surface area contributed by atoms with Gasteiger partial charge in [0.25, 0.3) is 0 Å². The van der Waals surface area contributed by atoms with E-state index in [9.17, 15) is 0 Å². The van der Waals surface area contributed by atoms with Gasteiger partial charge in [-0.05, 0) is 36.2 Å². The Morgan fingerprint density at radius 2 is 2.08 bits per heavy atom. The Morgan fingerprint density at radius 3 is 2.67 bits per heavy atom. The average Bonchev–Trinajstić information content (AvgIpc) is 2.37. The first-order valence-electron chi connectivity index (χ1n) is 5.00. The summed E-state index contributed by atoms with van der Waals surface area (Å²) in [5.74, 6) is 0.819. The minimum Gasteiger partial charge on any atom is -0.0736 e. The van der Waals surface area contributed by atoms with Crippen LogP contribution in [0.2, 0.25) is 0 Å². The summed E-state index contributed by atoms with van der Waals surface area (Å²) >= 11 is 0. The molecule has 0 heteroatoms. The maximum Gasteiger partial charge on any atom is -0.00139 e. The Kier molecular flexibility index (Phi) is 1.67. The zero-order valence-electron chi connectivity index (χ0n) is 8.35. The third-order valence-corrected chi connectivity index (χ3v) is 3.04. The number of allylic oxidation sites excluding steroid dienone is 4. The molecular weight excluding hydrogens is 144 g/mol. The standard InChI is InChI=1S/C12H18/c1-12(2,3)11-7-9-5-4-6-10(9)8-11/h7-9H,4-6H2,1-3H3. The summed E-state index contributed by atoms with van der Waals surface area (Å²) in [5, 5.41) is 0. The van der Waals surface area contributed by atoms with Crippen molar-refractivity contribution in [1.29, 1.82) is 0 Å². The second-order valence-electron chi connectivity index (χ2n) is 5.09. The van der Waals surface area contributed by atoms with Crippen molar-refractivity contribution in [2.24, 2.45) is 11.3 Å². The highest BCUT2D eigenvalue weighted by Crippen LogP contribution is 2.42.